The Balaban J connectivity index is 1.80. The van der Waals surface area contributed by atoms with Crippen LogP contribution in [0.25, 0.3) is 0 Å². The Morgan fingerprint density at radius 2 is 2.11 bits per heavy atom. The zero-order valence-corrected chi connectivity index (χ0v) is 12.2. The first kappa shape index (κ1) is 14.4. The minimum atomic E-state index is 0.452. The fourth-order valence-corrected chi connectivity index (χ4v) is 2.83. The van der Waals surface area contributed by atoms with E-state index in [-0.39, 0.29) is 0 Å². The maximum atomic E-state index is 5.88. The van der Waals surface area contributed by atoms with E-state index in [1.54, 1.807) is 0 Å². The largest absolute Gasteiger partial charge is 0.492 e. The molecule has 0 spiro atoms. The van der Waals surface area contributed by atoms with Gasteiger partial charge in [-0.25, -0.2) is 0 Å². The molecule has 1 heterocycles. The van der Waals surface area contributed by atoms with Crippen LogP contribution in [0.5, 0.6) is 5.75 Å². The topological polar surface area (TPSA) is 38.5 Å². The standard InChI is InChI=1S/C16H26N2O/c1-16(2)8-5-9-18(13-16)10-11-19-15-7-4-3-6-14(15)12-17/h3-4,6-7H,5,8-13,17H2,1-2H3. The van der Waals surface area contributed by atoms with Gasteiger partial charge in [0, 0.05) is 25.2 Å². The molecule has 0 atom stereocenters. The second-order valence-corrected chi connectivity index (χ2v) is 6.20. The van der Waals surface area contributed by atoms with Crippen molar-refractivity contribution < 1.29 is 4.74 Å². The molecule has 0 saturated carbocycles. The fourth-order valence-electron chi connectivity index (χ4n) is 2.83. The summed E-state index contributed by atoms with van der Waals surface area (Å²) in [5.41, 5.74) is 7.25. The Hall–Kier alpha value is -1.06. The summed E-state index contributed by atoms with van der Waals surface area (Å²) in [6.07, 6.45) is 2.63. The molecule has 0 aromatic heterocycles. The van der Waals surface area contributed by atoms with E-state index in [1.807, 2.05) is 24.3 Å². The molecule has 0 radical (unpaired) electrons. The fraction of sp³-hybridized carbons (Fsp3) is 0.625. The number of nitrogens with zero attached hydrogens (tertiary/aromatic N) is 1. The first-order valence-electron chi connectivity index (χ1n) is 7.24. The molecular formula is C16H26N2O. The normalized spacial score (nSPS) is 19.3. The van der Waals surface area contributed by atoms with Gasteiger partial charge in [0.05, 0.1) is 0 Å². The summed E-state index contributed by atoms with van der Waals surface area (Å²) in [5.74, 6) is 0.932. The van der Waals surface area contributed by atoms with E-state index in [1.165, 1.54) is 25.9 Å². The Morgan fingerprint density at radius 3 is 2.84 bits per heavy atom. The van der Waals surface area contributed by atoms with E-state index < -0.39 is 0 Å². The van der Waals surface area contributed by atoms with E-state index >= 15 is 0 Å². The number of para-hydroxylation sites is 1. The summed E-state index contributed by atoms with van der Waals surface area (Å²) < 4.78 is 5.88. The summed E-state index contributed by atoms with van der Waals surface area (Å²) in [7, 11) is 0. The Kier molecular flexibility index (Phi) is 4.83. The van der Waals surface area contributed by atoms with Crippen LogP contribution in [0.3, 0.4) is 0 Å². The van der Waals surface area contributed by atoms with Crippen LogP contribution < -0.4 is 10.5 Å². The molecular weight excluding hydrogens is 236 g/mol. The zero-order valence-electron chi connectivity index (χ0n) is 12.2. The zero-order chi connectivity index (χ0) is 13.7. The second kappa shape index (κ2) is 6.40. The summed E-state index contributed by atoms with van der Waals surface area (Å²) in [6.45, 7) is 9.36. The van der Waals surface area contributed by atoms with Gasteiger partial charge in [0.25, 0.3) is 0 Å². The lowest BCUT2D eigenvalue weighted by Gasteiger charge is -2.37. The van der Waals surface area contributed by atoms with Gasteiger partial charge in [-0.05, 0) is 30.9 Å². The molecule has 3 heteroatoms. The van der Waals surface area contributed by atoms with Crippen molar-refractivity contribution in [3.05, 3.63) is 29.8 Å². The molecule has 1 aromatic rings. The number of hydrogen-bond acceptors (Lipinski definition) is 3. The minimum Gasteiger partial charge on any atom is -0.492 e. The van der Waals surface area contributed by atoms with E-state index in [0.717, 1.165) is 24.5 Å². The molecule has 1 aliphatic rings. The van der Waals surface area contributed by atoms with Crippen molar-refractivity contribution in [1.29, 1.82) is 0 Å². The number of rotatable bonds is 5. The molecule has 0 unspecified atom stereocenters. The average molecular weight is 262 g/mol. The predicted molar refractivity (Wildman–Crippen MR) is 79.3 cm³/mol. The number of benzene rings is 1. The first-order chi connectivity index (χ1) is 9.11. The molecule has 1 fully saturated rings. The summed E-state index contributed by atoms with van der Waals surface area (Å²) in [4.78, 5) is 2.51. The number of nitrogens with two attached hydrogens (primary N) is 1. The monoisotopic (exact) mass is 262 g/mol. The van der Waals surface area contributed by atoms with Crippen molar-refractivity contribution in [3.8, 4) is 5.75 Å². The Morgan fingerprint density at radius 1 is 1.32 bits per heavy atom. The smallest absolute Gasteiger partial charge is 0.123 e. The van der Waals surface area contributed by atoms with E-state index in [9.17, 15) is 0 Å². The van der Waals surface area contributed by atoms with E-state index in [0.29, 0.717) is 12.0 Å². The van der Waals surface area contributed by atoms with Crippen LogP contribution >= 0.6 is 0 Å². The van der Waals surface area contributed by atoms with Crippen LogP contribution in [0.2, 0.25) is 0 Å². The quantitative estimate of drug-likeness (QED) is 0.886. The number of ether oxygens (including phenoxy) is 1. The van der Waals surface area contributed by atoms with Gasteiger partial charge in [-0.3, -0.25) is 4.90 Å². The van der Waals surface area contributed by atoms with Gasteiger partial charge < -0.3 is 10.5 Å². The van der Waals surface area contributed by atoms with Gasteiger partial charge in [-0.2, -0.15) is 0 Å². The molecule has 0 bridgehead atoms. The average Bonchev–Trinajstić information content (AvgIpc) is 2.38. The third kappa shape index (κ3) is 4.22. The molecule has 0 aliphatic carbocycles. The predicted octanol–water partition coefficient (Wildman–Crippen LogP) is 2.65. The minimum absolute atomic E-state index is 0.452. The lowest BCUT2D eigenvalue weighted by Crippen LogP contribution is -2.41. The van der Waals surface area contributed by atoms with Crippen LogP contribution in [-0.4, -0.2) is 31.1 Å². The van der Waals surface area contributed by atoms with Crippen molar-refractivity contribution in [2.75, 3.05) is 26.2 Å². The lowest BCUT2D eigenvalue weighted by atomic mass is 9.84. The van der Waals surface area contributed by atoms with Crippen molar-refractivity contribution >= 4 is 0 Å². The molecule has 2 N–H and O–H groups in total. The van der Waals surface area contributed by atoms with Crippen molar-refractivity contribution in [2.45, 2.75) is 33.2 Å². The highest BCUT2D eigenvalue weighted by Crippen LogP contribution is 2.28. The van der Waals surface area contributed by atoms with Crippen molar-refractivity contribution in [2.24, 2.45) is 11.1 Å². The molecule has 1 saturated heterocycles. The van der Waals surface area contributed by atoms with Crippen LogP contribution in [0.4, 0.5) is 0 Å². The lowest BCUT2D eigenvalue weighted by molar-refractivity contribution is 0.102. The summed E-state index contributed by atoms with van der Waals surface area (Å²) in [5, 5.41) is 0. The molecule has 2 rings (SSSR count). The van der Waals surface area contributed by atoms with Gasteiger partial charge in [0.1, 0.15) is 12.4 Å². The van der Waals surface area contributed by atoms with Gasteiger partial charge >= 0.3 is 0 Å². The highest BCUT2D eigenvalue weighted by atomic mass is 16.5. The molecule has 19 heavy (non-hydrogen) atoms. The van der Waals surface area contributed by atoms with Crippen LogP contribution in [-0.2, 0) is 6.54 Å². The third-order valence-electron chi connectivity index (χ3n) is 3.84. The summed E-state index contributed by atoms with van der Waals surface area (Å²) in [6, 6.07) is 8.03. The van der Waals surface area contributed by atoms with Gasteiger partial charge in [-0.15, -0.1) is 0 Å². The van der Waals surface area contributed by atoms with Crippen LogP contribution in [0.1, 0.15) is 32.3 Å². The highest BCUT2D eigenvalue weighted by molar-refractivity contribution is 5.32. The third-order valence-corrected chi connectivity index (χ3v) is 3.84. The maximum absolute atomic E-state index is 5.88. The summed E-state index contributed by atoms with van der Waals surface area (Å²) >= 11 is 0. The number of piperidine rings is 1. The van der Waals surface area contributed by atoms with Crippen molar-refractivity contribution in [1.82, 2.24) is 4.90 Å². The molecule has 1 aliphatic heterocycles. The van der Waals surface area contributed by atoms with E-state index in [4.69, 9.17) is 10.5 Å². The highest BCUT2D eigenvalue weighted by Gasteiger charge is 2.25. The van der Waals surface area contributed by atoms with Crippen molar-refractivity contribution in [3.63, 3.8) is 0 Å². The molecule has 3 nitrogen and oxygen atoms in total. The molecule has 0 amide bonds. The Labute approximate surface area is 116 Å². The second-order valence-electron chi connectivity index (χ2n) is 6.20. The first-order valence-corrected chi connectivity index (χ1v) is 7.24. The van der Waals surface area contributed by atoms with Gasteiger partial charge in [0.15, 0.2) is 0 Å². The van der Waals surface area contributed by atoms with Gasteiger partial charge in [-0.1, -0.05) is 32.0 Å². The molecule has 1 aromatic carbocycles. The number of hydrogen-bond donors (Lipinski definition) is 1. The van der Waals surface area contributed by atoms with Crippen LogP contribution in [0, 0.1) is 5.41 Å². The van der Waals surface area contributed by atoms with E-state index in [2.05, 4.69) is 18.7 Å². The SMILES string of the molecule is CC1(C)CCCN(CCOc2ccccc2CN)C1. The molecule has 106 valence electrons. The number of likely N-dealkylation sites (tertiary alicyclic amines) is 1. The van der Waals surface area contributed by atoms with Crippen LogP contribution in [0.15, 0.2) is 24.3 Å². The Bertz CT molecular complexity index is 403. The van der Waals surface area contributed by atoms with Gasteiger partial charge in [0.2, 0.25) is 0 Å². The maximum Gasteiger partial charge on any atom is 0.123 e.